The average molecular weight is 584 g/mol. The number of ether oxygens (including phenoxy) is 2. The number of carbonyl (C=O) groups is 1. The highest BCUT2D eigenvalue weighted by Crippen LogP contribution is 2.31. The minimum absolute atomic E-state index is 0.0174. The Hall–Kier alpha value is -2.51. The van der Waals surface area contributed by atoms with E-state index < -0.39 is 48.7 Å². The smallest absolute Gasteiger partial charge is 0.407 e. The number of phosphoric ester groups is 1. The summed E-state index contributed by atoms with van der Waals surface area (Å²) in [5.41, 5.74) is 6.75. The fourth-order valence-corrected chi connectivity index (χ4v) is 6.31. The van der Waals surface area contributed by atoms with E-state index >= 15 is 0 Å². The molecule has 3 rings (SSSR count). The van der Waals surface area contributed by atoms with Gasteiger partial charge in [0.2, 0.25) is 10.0 Å². The zero-order chi connectivity index (χ0) is 28.6. The zero-order valence-corrected chi connectivity index (χ0v) is 23.5. The van der Waals surface area contributed by atoms with Gasteiger partial charge in [0.25, 0.3) is 0 Å². The SMILES string of the molecule is CC(C)CN(C[C@@H](OP(=O)([O-])[O-])C(Cc1ccccc1)NC(=O)OC1CCOC1)S(=O)(=O)c1ccc(N)cc1. The highest BCUT2D eigenvalue weighted by molar-refractivity contribution is 7.89. The molecule has 2 aromatic rings. The Morgan fingerprint density at radius 3 is 2.38 bits per heavy atom. The lowest BCUT2D eigenvalue weighted by atomic mass is 10.0. The first-order chi connectivity index (χ1) is 18.3. The van der Waals surface area contributed by atoms with Gasteiger partial charge >= 0.3 is 6.09 Å². The topological polar surface area (TPSA) is 183 Å². The van der Waals surface area contributed by atoms with E-state index in [1.165, 1.54) is 24.3 Å². The molecular formula is C25H34N3O9PS-2. The Bertz CT molecular complexity index is 1220. The zero-order valence-electron chi connectivity index (χ0n) is 21.8. The van der Waals surface area contributed by atoms with Crippen molar-refractivity contribution in [3.8, 4) is 0 Å². The third kappa shape index (κ3) is 9.87. The third-order valence-corrected chi connectivity index (χ3v) is 8.32. The maximum absolute atomic E-state index is 13.6. The average Bonchev–Trinajstić information content (AvgIpc) is 3.35. The molecule has 1 saturated heterocycles. The van der Waals surface area contributed by atoms with E-state index in [0.717, 1.165) is 4.31 Å². The molecule has 216 valence electrons. The second-order valence-electron chi connectivity index (χ2n) is 9.71. The molecule has 0 saturated carbocycles. The molecule has 1 fully saturated rings. The van der Waals surface area contributed by atoms with Crippen molar-refractivity contribution in [3.63, 3.8) is 0 Å². The van der Waals surface area contributed by atoms with Gasteiger partial charge in [-0.1, -0.05) is 44.2 Å². The number of nitrogens with one attached hydrogen (secondary N) is 1. The molecule has 0 aromatic heterocycles. The number of nitrogen functional groups attached to an aromatic ring is 1. The molecule has 0 bridgehead atoms. The number of hydrogen-bond acceptors (Lipinski definition) is 10. The van der Waals surface area contributed by atoms with Gasteiger partial charge in [0.1, 0.15) is 6.10 Å². The summed E-state index contributed by atoms with van der Waals surface area (Å²) in [5, 5.41) is 2.59. The summed E-state index contributed by atoms with van der Waals surface area (Å²) in [5.74, 6) is -0.173. The Balaban J connectivity index is 1.96. The number of anilines is 1. The number of sulfonamides is 1. The van der Waals surface area contributed by atoms with E-state index in [9.17, 15) is 27.6 Å². The molecule has 3 atom stereocenters. The lowest BCUT2D eigenvalue weighted by Gasteiger charge is -2.39. The monoisotopic (exact) mass is 583 g/mol. The highest BCUT2D eigenvalue weighted by atomic mass is 32.2. The molecule has 39 heavy (non-hydrogen) atoms. The number of nitrogens with zero attached hydrogens (tertiary/aromatic N) is 1. The second-order valence-corrected chi connectivity index (χ2v) is 12.8. The van der Waals surface area contributed by atoms with Crippen LogP contribution >= 0.6 is 7.82 Å². The summed E-state index contributed by atoms with van der Waals surface area (Å²) in [6.07, 6.45) is -2.41. The van der Waals surface area contributed by atoms with E-state index in [4.69, 9.17) is 19.7 Å². The van der Waals surface area contributed by atoms with Gasteiger partial charge in [-0.3, -0.25) is 0 Å². The van der Waals surface area contributed by atoms with Crippen molar-refractivity contribution in [1.29, 1.82) is 0 Å². The number of phosphoric acid groups is 1. The van der Waals surface area contributed by atoms with Gasteiger partial charge in [-0.15, -0.1) is 0 Å². The summed E-state index contributed by atoms with van der Waals surface area (Å²) < 4.78 is 55.6. The summed E-state index contributed by atoms with van der Waals surface area (Å²) in [6, 6.07) is 13.1. The van der Waals surface area contributed by atoms with Crippen LogP contribution in [0.1, 0.15) is 25.8 Å². The third-order valence-electron chi connectivity index (χ3n) is 5.95. The van der Waals surface area contributed by atoms with Gasteiger partial charge in [0, 0.05) is 25.2 Å². The number of alkyl carbamates (subject to hydrolysis) is 1. The first-order valence-electron chi connectivity index (χ1n) is 12.5. The van der Waals surface area contributed by atoms with Crippen LogP contribution in [-0.4, -0.2) is 63.4 Å². The molecule has 0 aliphatic carbocycles. The van der Waals surface area contributed by atoms with Crippen LogP contribution in [0.5, 0.6) is 0 Å². The molecule has 2 unspecified atom stereocenters. The summed E-state index contributed by atoms with van der Waals surface area (Å²) >= 11 is 0. The van der Waals surface area contributed by atoms with Gasteiger partial charge in [-0.25, -0.2) is 13.2 Å². The van der Waals surface area contributed by atoms with Gasteiger partial charge < -0.3 is 39.4 Å². The summed E-state index contributed by atoms with van der Waals surface area (Å²) in [6.45, 7) is 3.66. The molecule has 12 nitrogen and oxygen atoms in total. The van der Waals surface area contributed by atoms with Gasteiger partial charge in [0.05, 0.1) is 38.1 Å². The molecule has 14 heteroatoms. The fourth-order valence-electron chi connectivity index (χ4n) is 4.15. The summed E-state index contributed by atoms with van der Waals surface area (Å²) in [7, 11) is -9.80. The van der Waals surface area contributed by atoms with Crippen LogP contribution in [0.2, 0.25) is 0 Å². The highest BCUT2D eigenvalue weighted by Gasteiger charge is 2.34. The lowest BCUT2D eigenvalue weighted by molar-refractivity contribution is -0.345. The summed E-state index contributed by atoms with van der Waals surface area (Å²) in [4.78, 5) is 36.4. The van der Waals surface area contributed by atoms with E-state index in [1.807, 2.05) is 0 Å². The number of nitrogens with two attached hydrogens (primary N) is 1. The molecule has 0 spiro atoms. The Labute approximate surface area is 228 Å². The number of amides is 1. The van der Waals surface area contributed by atoms with Crippen LogP contribution in [-0.2, 0) is 35.0 Å². The van der Waals surface area contributed by atoms with Gasteiger partial charge in [-0.2, -0.15) is 4.31 Å². The normalized spacial score (nSPS) is 17.7. The van der Waals surface area contributed by atoms with Crippen molar-refractivity contribution >= 4 is 29.6 Å². The number of hydrogen-bond donors (Lipinski definition) is 2. The van der Waals surface area contributed by atoms with E-state index in [-0.39, 0.29) is 30.4 Å². The maximum atomic E-state index is 13.6. The minimum Gasteiger partial charge on any atom is -0.790 e. The van der Waals surface area contributed by atoms with Crippen LogP contribution in [0.15, 0.2) is 59.5 Å². The second kappa shape index (κ2) is 13.7. The number of carbonyl (C=O) groups excluding carboxylic acids is 1. The van der Waals surface area contributed by atoms with Gasteiger partial charge in [0.15, 0.2) is 0 Å². The van der Waals surface area contributed by atoms with Crippen LogP contribution in [0.4, 0.5) is 10.5 Å². The molecule has 1 heterocycles. The quantitative estimate of drug-likeness (QED) is 0.257. The number of rotatable bonds is 13. The Kier molecular flexibility index (Phi) is 10.9. The van der Waals surface area contributed by atoms with Crippen molar-refractivity contribution in [2.24, 2.45) is 5.92 Å². The van der Waals surface area contributed by atoms with E-state index in [0.29, 0.717) is 24.3 Å². The predicted octanol–water partition coefficient (Wildman–Crippen LogP) is 1.26. The molecule has 3 N–H and O–H groups in total. The molecule has 1 aliphatic rings. The lowest BCUT2D eigenvalue weighted by Crippen LogP contribution is -2.53. The van der Waals surface area contributed by atoms with Crippen LogP contribution < -0.4 is 20.8 Å². The van der Waals surface area contributed by atoms with Crippen molar-refractivity contribution in [1.82, 2.24) is 9.62 Å². The first kappa shape index (κ1) is 31.0. The van der Waals surface area contributed by atoms with Gasteiger partial charge in [-0.05, 0) is 42.2 Å². The van der Waals surface area contributed by atoms with E-state index in [2.05, 4.69) is 5.32 Å². The first-order valence-corrected chi connectivity index (χ1v) is 15.4. The molecular weight excluding hydrogens is 549 g/mol. The minimum atomic E-state index is -5.62. The molecule has 2 aromatic carbocycles. The van der Waals surface area contributed by atoms with Crippen molar-refractivity contribution in [3.05, 3.63) is 60.2 Å². The van der Waals surface area contributed by atoms with Crippen LogP contribution in [0.25, 0.3) is 0 Å². The Morgan fingerprint density at radius 2 is 1.82 bits per heavy atom. The van der Waals surface area contributed by atoms with Crippen molar-refractivity contribution in [2.45, 2.75) is 49.8 Å². The Morgan fingerprint density at radius 1 is 1.15 bits per heavy atom. The van der Waals surface area contributed by atoms with Crippen molar-refractivity contribution < 1.29 is 41.6 Å². The van der Waals surface area contributed by atoms with Crippen LogP contribution in [0, 0.1) is 5.92 Å². The number of benzene rings is 2. The fraction of sp³-hybridized carbons (Fsp3) is 0.480. The predicted molar refractivity (Wildman–Crippen MR) is 140 cm³/mol. The maximum Gasteiger partial charge on any atom is 0.407 e. The molecule has 1 amide bonds. The molecule has 0 radical (unpaired) electrons. The largest absolute Gasteiger partial charge is 0.790 e. The standard InChI is InChI=1S/C25H36N3O9PS/c1-18(2)15-28(39(33,34)22-10-8-20(26)9-11-22)16-24(37-38(30,31)32)23(14-19-6-4-3-5-7-19)27-25(29)36-21-12-13-35-17-21/h3-11,18,21,23-24H,12-17,26H2,1-2H3,(H,27,29)(H2,30,31,32)/p-2/t21?,23?,24-/m1/s1. The van der Waals surface area contributed by atoms with Crippen LogP contribution in [0.3, 0.4) is 0 Å². The van der Waals surface area contributed by atoms with Crippen molar-refractivity contribution in [2.75, 3.05) is 32.0 Å². The molecule has 1 aliphatic heterocycles. The van der Waals surface area contributed by atoms with E-state index in [1.54, 1.807) is 44.2 Å².